The van der Waals surface area contributed by atoms with E-state index in [4.69, 9.17) is 9.15 Å². The number of ether oxygens (including phenoxy) is 1. The first-order valence-electron chi connectivity index (χ1n) is 6.19. The SMILES string of the molecule is COc1ccc(CCNC(C)c2ccco2)cc1. The lowest BCUT2D eigenvalue weighted by Crippen LogP contribution is -2.20. The average Bonchev–Trinajstić information content (AvgIpc) is 2.93. The molecule has 18 heavy (non-hydrogen) atoms. The van der Waals surface area contributed by atoms with E-state index in [1.54, 1.807) is 13.4 Å². The van der Waals surface area contributed by atoms with E-state index in [9.17, 15) is 0 Å². The van der Waals surface area contributed by atoms with Crippen LogP contribution in [0.25, 0.3) is 0 Å². The van der Waals surface area contributed by atoms with Crippen LogP contribution in [-0.4, -0.2) is 13.7 Å². The summed E-state index contributed by atoms with van der Waals surface area (Å²) in [4.78, 5) is 0. The summed E-state index contributed by atoms with van der Waals surface area (Å²) in [5.74, 6) is 1.88. The predicted molar refractivity (Wildman–Crippen MR) is 71.8 cm³/mol. The van der Waals surface area contributed by atoms with Crippen LogP contribution in [0.5, 0.6) is 5.75 Å². The fourth-order valence-electron chi connectivity index (χ4n) is 1.86. The minimum atomic E-state index is 0.248. The van der Waals surface area contributed by atoms with Crippen LogP contribution < -0.4 is 10.1 Å². The van der Waals surface area contributed by atoms with Gasteiger partial charge in [0.1, 0.15) is 11.5 Å². The summed E-state index contributed by atoms with van der Waals surface area (Å²) in [6, 6.07) is 12.3. The van der Waals surface area contributed by atoms with Gasteiger partial charge in [0.2, 0.25) is 0 Å². The van der Waals surface area contributed by atoms with E-state index in [0.717, 1.165) is 24.5 Å². The molecular formula is C15H19NO2. The zero-order valence-corrected chi connectivity index (χ0v) is 10.8. The van der Waals surface area contributed by atoms with E-state index < -0.39 is 0 Å². The summed E-state index contributed by atoms with van der Waals surface area (Å²) in [5, 5.41) is 3.44. The van der Waals surface area contributed by atoms with Gasteiger partial charge in [0.25, 0.3) is 0 Å². The zero-order chi connectivity index (χ0) is 12.8. The number of hydrogen-bond donors (Lipinski definition) is 1. The van der Waals surface area contributed by atoms with Crippen molar-refractivity contribution < 1.29 is 9.15 Å². The Balaban J connectivity index is 1.77. The Bertz CT molecular complexity index is 448. The van der Waals surface area contributed by atoms with E-state index in [1.807, 2.05) is 24.3 Å². The summed E-state index contributed by atoms with van der Waals surface area (Å²) in [6.07, 6.45) is 2.70. The predicted octanol–water partition coefficient (Wildman–Crippen LogP) is 3.18. The number of methoxy groups -OCH3 is 1. The standard InChI is InChI=1S/C15H19NO2/c1-12(15-4-3-11-18-15)16-10-9-13-5-7-14(17-2)8-6-13/h3-8,11-12,16H,9-10H2,1-2H3. The molecule has 0 spiro atoms. The quantitative estimate of drug-likeness (QED) is 0.848. The van der Waals surface area contributed by atoms with Crippen molar-refractivity contribution in [1.29, 1.82) is 0 Å². The Hall–Kier alpha value is -1.74. The highest BCUT2D eigenvalue weighted by molar-refractivity contribution is 5.27. The molecule has 0 aliphatic carbocycles. The highest BCUT2D eigenvalue weighted by Crippen LogP contribution is 2.13. The highest BCUT2D eigenvalue weighted by Gasteiger charge is 2.06. The van der Waals surface area contributed by atoms with E-state index in [-0.39, 0.29) is 6.04 Å². The Labute approximate surface area is 108 Å². The molecular weight excluding hydrogens is 226 g/mol. The lowest BCUT2D eigenvalue weighted by Gasteiger charge is -2.11. The summed E-state index contributed by atoms with van der Waals surface area (Å²) >= 11 is 0. The maximum atomic E-state index is 5.35. The lowest BCUT2D eigenvalue weighted by atomic mass is 10.1. The van der Waals surface area contributed by atoms with Crippen LogP contribution in [0, 0.1) is 0 Å². The van der Waals surface area contributed by atoms with Crippen molar-refractivity contribution in [2.45, 2.75) is 19.4 Å². The van der Waals surface area contributed by atoms with Crippen LogP contribution in [0.15, 0.2) is 47.1 Å². The van der Waals surface area contributed by atoms with Crippen molar-refractivity contribution in [2.24, 2.45) is 0 Å². The van der Waals surface area contributed by atoms with E-state index in [2.05, 4.69) is 24.4 Å². The molecule has 3 nitrogen and oxygen atoms in total. The molecule has 0 saturated carbocycles. The molecule has 0 aliphatic heterocycles. The first-order valence-corrected chi connectivity index (χ1v) is 6.19. The number of furan rings is 1. The van der Waals surface area contributed by atoms with Crippen LogP contribution in [0.1, 0.15) is 24.3 Å². The van der Waals surface area contributed by atoms with Crippen molar-refractivity contribution >= 4 is 0 Å². The second-order valence-electron chi connectivity index (χ2n) is 4.29. The summed E-state index contributed by atoms with van der Waals surface area (Å²) in [6.45, 7) is 3.03. The Morgan fingerprint density at radius 2 is 2.00 bits per heavy atom. The second kappa shape index (κ2) is 6.26. The van der Waals surface area contributed by atoms with Crippen LogP contribution >= 0.6 is 0 Å². The third-order valence-corrected chi connectivity index (χ3v) is 2.99. The topological polar surface area (TPSA) is 34.4 Å². The molecule has 96 valence electrons. The van der Waals surface area contributed by atoms with Gasteiger partial charge < -0.3 is 14.5 Å². The summed E-state index contributed by atoms with van der Waals surface area (Å²) in [5.41, 5.74) is 1.30. The Morgan fingerprint density at radius 1 is 1.22 bits per heavy atom. The van der Waals surface area contributed by atoms with Gasteiger partial charge in [0.05, 0.1) is 19.4 Å². The van der Waals surface area contributed by atoms with Crippen LogP contribution in [0.2, 0.25) is 0 Å². The monoisotopic (exact) mass is 245 g/mol. The van der Waals surface area contributed by atoms with Crippen LogP contribution in [0.4, 0.5) is 0 Å². The molecule has 1 N–H and O–H groups in total. The molecule has 0 bridgehead atoms. The van der Waals surface area contributed by atoms with E-state index in [1.165, 1.54) is 5.56 Å². The largest absolute Gasteiger partial charge is 0.497 e. The highest BCUT2D eigenvalue weighted by atomic mass is 16.5. The van der Waals surface area contributed by atoms with Gasteiger partial charge >= 0.3 is 0 Å². The minimum Gasteiger partial charge on any atom is -0.497 e. The molecule has 2 aromatic rings. The molecule has 1 aromatic carbocycles. The van der Waals surface area contributed by atoms with Gasteiger partial charge in [-0.3, -0.25) is 0 Å². The second-order valence-corrected chi connectivity index (χ2v) is 4.29. The third-order valence-electron chi connectivity index (χ3n) is 2.99. The molecule has 1 unspecified atom stereocenters. The first-order chi connectivity index (χ1) is 8.79. The van der Waals surface area contributed by atoms with Crippen molar-refractivity contribution in [2.75, 3.05) is 13.7 Å². The number of nitrogens with one attached hydrogen (secondary N) is 1. The van der Waals surface area contributed by atoms with Gasteiger partial charge in [-0.2, -0.15) is 0 Å². The minimum absolute atomic E-state index is 0.248. The summed E-state index contributed by atoms with van der Waals surface area (Å²) in [7, 11) is 1.68. The number of benzene rings is 1. The number of rotatable bonds is 6. The fourth-order valence-corrected chi connectivity index (χ4v) is 1.86. The maximum absolute atomic E-state index is 5.35. The molecule has 0 aliphatic rings. The zero-order valence-electron chi connectivity index (χ0n) is 10.8. The van der Waals surface area contributed by atoms with Crippen molar-refractivity contribution in [3.05, 3.63) is 54.0 Å². The van der Waals surface area contributed by atoms with Crippen LogP contribution in [-0.2, 0) is 6.42 Å². The van der Waals surface area contributed by atoms with E-state index in [0.29, 0.717) is 0 Å². The molecule has 1 heterocycles. The third kappa shape index (κ3) is 3.37. The van der Waals surface area contributed by atoms with Gasteiger partial charge in [-0.1, -0.05) is 12.1 Å². The van der Waals surface area contributed by atoms with Gasteiger partial charge in [-0.25, -0.2) is 0 Å². The molecule has 0 saturated heterocycles. The lowest BCUT2D eigenvalue weighted by molar-refractivity contribution is 0.414. The van der Waals surface area contributed by atoms with E-state index >= 15 is 0 Å². The van der Waals surface area contributed by atoms with Crippen molar-refractivity contribution in [3.8, 4) is 5.75 Å². The Morgan fingerprint density at radius 3 is 2.61 bits per heavy atom. The maximum Gasteiger partial charge on any atom is 0.120 e. The fraction of sp³-hybridized carbons (Fsp3) is 0.333. The molecule has 0 radical (unpaired) electrons. The summed E-state index contributed by atoms with van der Waals surface area (Å²) < 4.78 is 10.5. The molecule has 2 rings (SSSR count). The van der Waals surface area contributed by atoms with Gasteiger partial charge in [-0.05, 0) is 49.7 Å². The molecule has 1 aromatic heterocycles. The average molecular weight is 245 g/mol. The van der Waals surface area contributed by atoms with Crippen molar-refractivity contribution in [3.63, 3.8) is 0 Å². The normalized spacial score (nSPS) is 12.3. The van der Waals surface area contributed by atoms with Gasteiger partial charge in [-0.15, -0.1) is 0 Å². The molecule has 1 atom stereocenters. The van der Waals surface area contributed by atoms with Crippen LogP contribution in [0.3, 0.4) is 0 Å². The smallest absolute Gasteiger partial charge is 0.120 e. The first kappa shape index (κ1) is 12.7. The Kier molecular flexibility index (Phi) is 4.42. The van der Waals surface area contributed by atoms with Gasteiger partial charge in [0, 0.05) is 0 Å². The van der Waals surface area contributed by atoms with Gasteiger partial charge in [0.15, 0.2) is 0 Å². The number of hydrogen-bond acceptors (Lipinski definition) is 3. The molecule has 3 heteroatoms. The molecule has 0 amide bonds. The molecule has 0 fully saturated rings. The van der Waals surface area contributed by atoms with Crippen molar-refractivity contribution in [1.82, 2.24) is 5.32 Å².